The molecular weight excluding hydrogens is 213 g/mol. The van der Waals surface area contributed by atoms with Crippen LogP contribution < -0.4 is 0 Å². The Bertz CT molecular complexity index is 276. The molecule has 1 aromatic rings. The summed E-state index contributed by atoms with van der Waals surface area (Å²) in [6.45, 7) is 0. The maximum Gasteiger partial charge on any atom is 0.389 e. The number of hydrogen-bond donors (Lipinski definition) is 0. The molecule has 0 heterocycles. The van der Waals surface area contributed by atoms with Crippen molar-refractivity contribution in [1.82, 2.24) is 0 Å². The monoisotopic (exact) mass is 222 g/mol. The molecule has 4 heteroatoms. The van der Waals surface area contributed by atoms with Gasteiger partial charge in [-0.3, -0.25) is 0 Å². The van der Waals surface area contributed by atoms with Gasteiger partial charge in [-0.1, -0.05) is 24.3 Å². The highest BCUT2D eigenvalue weighted by molar-refractivity contribution is 6.17. The zero-order chi connectivity index (χ0) is 10.6. The first-order chi connectivity index (χ1) is 6.51. The van der Waals surface area contributed by atoms with E-state index >= 15 is 0 Å². The molecule has 0 radical (unpaired) electrons. The summed E-state index contributed by atoms with van der Waals surface area (Å²) in [5.41, 5.74) is 1.61. The molecule has 0 saturated carbocycles. The van der Waals surface area contributed by atoms with Crippen molar-refractivity contribution in [1.29, 1.82) is 0 Å². The number of halogens is 4. The van der Waals surface area contributed by atoms with Crippen LogP contribution >= 0.6 is 11.6 Å². The van der Waals surface area contributed by atoms with E-state index in [9.17, 15) is 13.2 Å². The number of aryl methyl sites for hydroxylation is 1. The van der Waals surface area contributed by atoms with Gasteiger partial charge < -0.3 is 0 Å². The maximum atomic E-state index is 11.9. The first-order valence-corrected chi connectivity index (χ1v) is 4.75. The Morgan fingerprint density at radius 2 is 1.50 bits per heavy atom. The summed E-state index contributed by atoms with van der Waals surface area (Å²) < 4.78 is 35.6. The van der Waals surface area contributed by atoms with Crippen LogP contribution in [0.25, 0.3) is 0 Å². The minimum Gasteiger partial charge on any atom is -0.171 e. The molecule has 0 fully saturated rings. The lowest BCUT2D eigenvalue weighted by Crippen LogP contribution is -2.08. The van der Waals surface area contributed by atoms with Crippen LogP contribution in [0.1, 0.15) is 17.5 Å². The van der Waals surface area contributed by atoms with E-state index in [0.29, 0.717) is 11.4 Å². The van der Waals surface area contributed by atoms with Crippen molar-refractivity contribution in [3.05, 3.63) is 35.4 Å². The molecule has 0 aliphatic heterocycles. The third kappa shape index (κ3) is 4.01. The number of rotatable bonds is 3. The highest BCUT2D eigenvalue weighted by Crippen LogP contribution is 2.22. The topological polar surface area (TPSA) is 0 Å². The van der Waals surface area contributed by atoms with Gasteiger partial charge in [0.15, 0.2) is 0 Å². The Morgan fingerprint density at radius 3 is 1.93 bits per heavy atom. The van der Waals surface area contributed by atoms with Gasteiger partial charge in [-0.25, -0.2) is 0 Å². The third-order valence-electron chi connectivity index (χ3n) is 1.87. The van der Waals surface area contributed by atoms with Crippen molar-refractivity contribution in [3.63, 3.8) is 0 Å². The van der Waals surface area contributed by atoms with Gasteiger partial charge in [-0.05, 0) is 17.5 Å². The van der Waals surface area contributed by atoms with E-state index in [1.54, 1.807) is 24.3 Å². The molecular formula is C10H10ClF3. The first-order valence-electron chi connectivity index (χ1n) is 4.22. The minimum atomic E-state index is -4.08. The maximum absolute atomic E-state index is 11.9. The standard InChI is InChI=1S/C10H10ClF3/c11-7-9-3-1-8(2-4-9)5-6-10(12,13)14/h1-4H,5-7H2. The van der Waals surface area contributed by atoms with Crippen LogP contribution in [0.15, 0.2) is 24.3 Å². The fourth-order valence-corrected chi connectivity index (χ4v) is 1.26. The molecule has 0 atom stereocenters. The van der Waals surface area contributed by atoms with Crippen LogP contribution in [0.3, 0.4) is 0 Å². The Labute approximate surface area is 85.7 Å². The predicted molar refractivity (Wildman–Crippen MR) is 50.4 cm³/mol. The van der Waals surface area contributed by atoms with Gasteiger partial charge in [0, 0.05) is 12.3 Å². The van der Waals surface area contributed by atoms with E-state index in [1.165, 1.54) is 0 Å². The summed E-state index contributed by atoms with van der Waals surface area (Å²) in [6, 6.07) is 6.87. The summed E-state index contributed by atoms with van der Waals surface area (Å²) in [5.74, 6) is 0.388. The molecule has 0 amide bonds. The third-order valence-corrected chi connectivity index (χ3v) is 2.18. The Balaban J connectivity index is 2.52. The second kappa shape index (κ2) is 4.69. The normalized spacial score (nSPS) is 11.7. The van der Waals surface area contributed by atoms with Crippen molar-refractivity contribution in [2.24, 2.45) is 0 Å². The zero-order valence-corrected chi connectivity index (χ0v) is 8.20. The fraction of sp³-hybridized carbons (Fsp3) is 0.400. The lowest BCUT2D eigenvalue weighted by atomic mass is 10.1. The SMILES string of the molecule is FC(F)(F)CCc1ccc(CCl)cc1. The van der Waals surface area contributed by atoms with Crippen molar-refractivity contribution >= 4 is 11.6 Å². The molecule has 0 unspecified atom stereocenters. The molecule has 0 saturated heterocycles. The predicted octanol–water partition coefficient (Wildman–Crippen LogP) is 3.92. The Hall–Kier alpha value is -0.700. The summed E-state index contributed by atoms with van der Waals surface area (Å²) in [7, 11) is 0. The second-order valence-corrected chi connectivity index (χ2v) is 3.33. The fourth-order valence-electron chi connectivity index (χ4n) is 1.08. The molecule has 0 N–H and O–H groups in total. The van der Waals surface area contributed by atoms with Gasteiger partial charge in [-0.15, -0.1) is 11.6 Å². The number of alkyl halides is 4. The van der Waals surface area contributed by atoms with Crippen LogP contribution in [-0.4, -0.2) is 6.18 Å². The van der Waals surface area contributed by atoms with Gasteiger partial charge >= 0.3 is 6.18 Å². The van der Waals surface area contributed by atoms with Crippen LogP contribution in [0.4, 0.5) is 13.2 Å². The Kier molecular flexibility index (Phi) is 3.81. The van der Waals surface area contributed by atoms with Crippen molar-refractivity contribution in [2.75, 3.05) is 0 Å². The summed E-state index contributed by atoms with van der Waals surface area (Å²) in [4.78, 5) is 0. The summed E-state index contributed by atoms with van der Waals surface area (Å²) >= 11 is 5.55. The minimum absolute atomic E-state index is 0.0338. The van der Waals surface area contributed by atoms with Crippen molar-refractivity contribution in [2.45, 2.75) is 24.9 Å². The first kappa shape index (κ1) is 11.4. The van der Waals surface area contributed by atoms with Crippen LogP contribution in [0.5, 0.6) is 0 Å². The molecule has 0 aromatic heterocycles. The summed E-state index contributed by atoms with van der Waals surface area (Å²) in [5, 5.41) is 0. The lowest BCUT2D eigenvalue weighted by Gasteiger charge is -2.06. The molecule has 1 rings (SSSR count). The average molecular weight is 223 g/mol. The lowest BCUT2D eigenvalue weighted by molar-refractivity contribution is -0.133. The largest absolute Gasteiger partial charge is 0.389 e. The van der Waals surface area contributed by atoms with Crippen LogP contribution in [-0.2, 0) is 12.3 Å². The average Bonchev–Trinajstić information content (AvgIpc) is 2.14. The molecule has 0 aliphatic carbocycles. The molecule has 0 spiro atoms. The highest BCUT2D eigenvalue weighted by atomic mass is 35.5. The van der Waals surface area contributed by atoms with E-state index in [4.69, 9.17) is 11.6 Å². The molecule has 0 nitrogen and oxygen atoms in total. The number of hydrogen-bond acceptors (Lipinski definition) is 0. The van der Waals surface area contributed by atoms with Gasteiger partial charge in [0.25, 0.3) is 0 Å². The molecule has 0 aliphatic rings. The van der Waals surface area contributed by atoms with Crippen LogP contribution in [0, 0.1) is 0 Å². The van der Waals surface area contributed by atoms with Gasteiger partial charge in [0.05, 0.1) is 0 Å². The van der Waals surface area contributed by atoms with Crippen molar-refractivity contribution in [3.8, 4) is 0 Å². The highest BCUT2D eigenvalue weighted by Gasteiger charge is 2.26. The Morgan fingerprint density at radius 1 is 1.00 bits per heavy atom. The van der Waals surface area contributed by atoms with E-state index in [1.807, 2.05) is 0 Å². The van der Waals surface area contributed by atoms with E-state index in [0.717, 1.165) is 5.56 Å². The van der Waals surface area contributed by atoms with Crippen LogP contribution in [0.2, 0.25) is 0 Å². The van der Waals surface area contributed by atoms with E-state index in [-0.39, 0.29) is 6.42 Å². The molecule has 78 valence electrons. The smallest absolute Gasteiger partial charge is 0.171 e. The van der Waals surface area contributed by atoms with E-state index in [2.05, 4.69) is 0 Å². The molecule has 1 aromatic carbocycles. The second-order valence-electron chi connectivity index (χ2n) is 3.07. The molecule has 14 heavy (non-hydrogen) atoms. The van der Waals surface area contributed by atoms with E-state index < -0.39 is 12.6 Å². The number of benzene rings is 1. The summed E-state index contributed by atoms with van der Waals surface area (Å²) in [6.07, 6.45) is -4.82. The quantitative estimate of drug-likeness (QED) is 0.680. The zero-order valence-electron chi connectivity index (χ0n) is 7.44. The van der Waals surface area contributed by atoms with Crippen molar-refractivity contribution < 1.29 is 13.2 Å². The molecule has 0 bridgehead atoms. The van der Waals surface area contributed by atoms with Gasteiger partial charge in [-0.2, -0.15) is 13.2 Å². The van der Waals surface area contributed by atoms with Gasteiger partial charge in [0.2, 0.25) is 0 Å². The van der Waals surface area contributed by atoms with Gasteiger partial charge in [0.1, 0.15) is 0 Å².